The second-order valence-corrected chi connectivity index (χ2v) is 15.5. The number of hydrogen-bond donors (Lipinski definition) is 1. The van der Waals surface area contributed by atoms with E-state index in [2.05, 4.69) is 59.0 Å². The van der Waals surface area contributed by atoms with Gasteiger partial charge in [-0.1, -0.05) is 96.8 Å². The molecule has 4 rings (SSSR count). The van der Waals surface area contributed by atoms with Gasteiger partial charge < -0.3 is 13.8 Å². The van der Waals surface area contributed by atoms with Gasteiger partial charge in [0.2, 0.25) is 0 Å². The predicted molar refractivity (Wildman–Crippen MR) is 169 cm³/mol. The molecule has 0 spiro atoms. The largest absolute Gasteiger partial charge is 0.497 e. The van der Waals surface area contributed by atoms with Crippen molar-refractivity contribution in [3.63, 3.8) is 0 Å². The van der Waals surface area contributed by atoms with Crippen LogP contribution in [0.2, 0.25) is 0 Å². The van der Waals surface area contributed by atoms with Crippen LogP contribution in [0, 0.1) is 35.5 Å². The average Bonchev–Trinajstić information content (AvgIpc) is 2.93. The summed E-state index contributed by atoms with van der Waals surface area (Å²) < 4.78 is 35.1. The minimum atomic E-state index is -3.71. The summed E-state index contributed by atoms with van der Waals surface area (Å²) >= 11 is 0. The highest BCUT2D eigenvalue weighted by Crippen LogP contribution is 2.64. The Morgan fingerprint density at radius 2 is 1.29 bits per heavy atom. The van der Waals surface area contributed by atoms with E-state index in [0.717, 1.165) is 42.6 Å². The minimum Gasteiger partial charge on any atom is -0.497 e. The van der Waals surface area contributed by atoms with Crippen molar-refractivity contribution in [2.75, 3.05) is 7.11 Å². The normalized spacial score (nSPS) is 29.3. The van der Waals surface area contributed by atoms with Crippen molar-refractivity contribution in [1.82, 2.24) is 5.32 Å². The van der Waals surface area contributed by atoms with Gasteiger partial charge in [-0.05, 0) is 84.5 Å². The van der Waals surface area contributed by atoms with Crippen LogP contribution in [0.5, 0.6) is 5.75 Å². The molecule has 0 radical (unpaired) electrons. The summed E-state index contributed by atoms with van der Waals surface area (Å²) in [7, 11) is -2.04. The lowest BCUT2D eigenvalue weighted by Gasteiger charge is -2.43. The summed E-state index contributed by atoms with van der Waals surface area (Å²) in [6, 6.07) is 18.2. The van der Waals surface area contributed by atoms with Crippen LogP contribution in [0.25, 0.3) is 0 Å². The van der Waals surface area contributed by atoms with Gasteiger partial charge in [0.1, 0.15) is 11.5 Å². The van der Waals surface area contributed by atoms with Crippen molar-refractivity contribution in [2.24, 2.45) is 35.5 Å². The highest BCUT2D eigenvalue weighted by atomic mass is 31.2. The third kappa shape index (κ3) is 8.47. The summed E-state index contributed by atoms with van der Waals surface area (Å²) in [5.74, 6) is 2.89. The van der Waals surface area contributed by atoms with Gasteiger partial charge in [0.15, 0.2) is 0 Å². The summed E-state index contributed by atoms with van der Waals surface area (Å²) in [4.78, 5) is 0. The van der Waals surface area contributed by atoms with Gasteiger partial charge in [-0.15, -0.1) is 0 Å². The first kappa shape index (κ1) is 32.3. The van der Waals surface area contributed by atoms with E-state index in [1.165, 1.54) is 12.8 Å². The maximum absolute atomic E-state index is 15.6. The Labute approximate surface area is 249 Å². The smallest absolute Gasteiger partial charge is 0.352 e. The molecule has 2 aromatic rings. The molecule has 41 heavy (non-hydrogen) atoms. The first-order chi connectivity index (χ1) is 19.6. The van der Waals surface area contributed by atoms with E-state index in [-0.39, 0.29) is 12.2 Å². The maximum atomic E-state index is 15.6. The topological polar surface area (TPSA) is 56.8 Å². The van der Waals surface area contributed by atoms with Crippen molar-refractivity contribution in [3.05, 3.63) is 65.7 Å². The summed E-state index contributed by atoms with van der Waals surface area (Å²) in [6.07, 6.45) is 6.23. The molecule has 2 aromatic carbocycles. The second kappa shape index (κ2) is 14.7. The second-order valence-electron chi connectivity index (χ2n) is 13.5. The Kier molecular flexibility index (Phi) is 11.6. The highest BCUT2D eigenvalue weighted by molar-refractivity contribution is 7.54. The van der Waals surface area contributed by atoms with Crippen LogP contribution in [0.3, 0.4) is 0 Å². The molecule has 0 aromatic heterocycles. The number of hydrogen-bond acceptors (Lipinski definition) is 5. The maximum Gasteiger partial charge on any atom is 0.352 e. The molecule has 2 saturated carbocycles. The fourth-order valence-electron chi connectivity index (χ4n) is 7.00. The van der Waals surface area contributed by atoms with E-state index in [1.54, 1.807) is 7.11 Å². The molecule has 0 bridgehead atoms. The lowest BCUT2D eigenvalue weighted by Crippen LogP contribution is -2.38. The van der Waals surface area contributed by atoms with Gasteiger partial charge in [0, 0.05) is 6.54 Å². The molecule has 228 valence electrons. The zero-order valence-corrected chi connectivity index (χ0v) is 27.3. The zero-order valence-electron chi connectivity index (χ0n) is 26.4. The highest BCUT2D eigenvalue weighted by Gasteiger charge is 2.46. The Hall–Kier alpha value is -1.65. The molecule has 1 unspecified atom stereocenters. The van der Waals surface area contributed by atoms with Crippen molar-refractivity contribution in [1.29, 1.82) is 0 Å². The SMILES string of the molecule is COc1ccc([C@H](NCc2ccccc2)P(=O)(O[C@@H]2C[C@H](C)CC[C@@H]2C(C)C)O[C@@H]2C[C@@H](C)CC[C@H]2C(C)C)cc1. The zero-order chi connectivity index (χ0) is 29.6. The summed E-state index contributed by atoms with van der Waals surface area (Å²) in [6.45, 7) is 14.3. The molecule has 0 saturated heterocycles. The van der Waals surface area contributed by atoms with E-state index in [4.69, 9.17) is 13.8 Å². The molecule has 2 aliphatic rings. The third-order valence-electron chi connectivity index (χ3n) is 9.58. The van der Waals surface area contributed by atoms with Crippen molar-refractivity contribution < 1.29 is 18.3 Å². The third-order valence-corrected chi connectivity index (χ3v) is 11.8. The van der Waals surface area contributed by atoms with Crippen LogP contribution in [-0.2, 0) is 20.2 Å². The molecule has 0 heterocycles. The number of methoxy groups -OCH3 is 1. The monoisotopic (exact) mass is 583 g/mol. The van der Waals surface area contributed by atoms with E-state index in [9.17, 15) is 0 Å². The Morgan fingerprint density at radius 3 is 1.76 bits per heavy atom. The lowest BCUT2D eigenvalue weighted by atomic mass is 9.75. The number of ether oxygens (including phenoxy) is 1. The fraction of sp³-hybridized carbons (Fsp3) is 0.657. The van der Waals surface area contributed by atoms with Gasteiger partial charge in [0.25, 0.3) is 0 Å². The Bertz CT molecular complexity index is 1070. The summed E-state index contributed by atoms with van der Waals surface area (Å²) in [5.41, 5.74) is 2.04. The van der Waals surface area contributed by atoms with Crippen LogP contribution in [0.4, 0.5) is 0 Å². The molecule has 2 aliphatic carbocycles. The average molecular weight is 584 g/mol. The predicted octanol–water partition coefficient (Wildman–Crippen LogP) is 9.63. The number of nitrogens with one attached hydrogen (secondary N) is 1. The van der Waals surface area contributed by atoms with Gasteiger partial charge in [-0.2, -0.15) is 0 Å². The van der Waals surface area contributed by atoms with Gasteiger partial charge in [-0.3, -0.25) is 9.88 Å². The molecular weight excluding hydrogens is 529 g/mol. The van der Waals surface area contributed by atoms with Crippen LogP contribution < -0.4 is 10.1 Å². The molecule has 5 nitrogen and oxygen atoms in total. The molecule has 1 N–H and O–H groups in total. The Morgan fingerprint density at radius 1 is 0.780 bits per heavy atom. The van der Waals surface area contributed by atoms with Crippen LogP contribution >= 0.6 is 7.60 Å². The molecular formula is C35H54NO4P. The minimum absolute atomic E-state index is 0.0950. The van der Waals surface area contributed by atoms with Gasteiger partial charge in [0.05, 0.1) is 19.3 Å². The first-order valence-electron chi connectivity index (χ1n) is 16.0. The van der Waals surface area contributed by atoms with Crippen LogP contribution in [-0.4, -0.2) is 19.3 Å². The number of rotatable bonds is 12. The summed E-state index contributed by atoms with van der Waals surface area (Å²) in [5, 5.41) is 3.67. The molecule has 0 aliphatic heterocycles. The first-order valence-corrected chi connectivity index (χ1v) is 17.6. The Balaban J connectivity index is 1.76. The van der Waals surface area contributed by atoms with Gasteiger partial charge >= 0.3 is 7.60 Å². The molecule has 8 atom stereocenters. The number of benzene rings is 2. The van der Waals surface area contributed by atoms with E-state index in [1.807, 2.05) is 42.5 Å². The van der Waals surface area contributed by atoms with E-state index in [0.29, 0.717) is 42.1 Å². The molecule has 0 amide bonds. The molecule has 2 fully saturated rings. The standard InChI is InChI=1S/C35H54NO4P/c1-24(2)31-19-13-26(5)21-33(31)39-41(37,40-34-22-27(6)14-20-32(34)25(3)4)35(29-15-17-30(38-7)18-16-29)36-23-28-11-9-8-10-12-28/h8-12,15-18,24-27,31-36H,13-14,19-23H2,1-7H3/t26-,27+,31-,32+,33-,34-,35-,41?/m1/s1. The van der Waals surface area contributed by atoms with Crippen LogP contribution in [0.1, 0.15) is 97.0 Å². The van der Waals surface area contributed by atoms with E-state index < -0.39 is 13.4 Å². The quantitative estimate of drug-likeness (QED) is 0.252. The van der Waals surface area contributed by atoms with Gasteiger partial charge in [-0.25, -0.2) is 0 Å². The molecule has 6 heteroatoms. The van der Waals surface area contributed by atoms with Crippen molar-refractivity contribution in [3.8, 4) is 5.75 Å². The van der Waals surface area contributed by atoms with Crippen molar-refractivity contribution >= 4 is 7.60 Å². The van der Waals surface area contributed by atoms with Crippen molar-refractivity contribution in [2.45, 2.75) is 105 Å². The lowest BCUT2D eigenvalue weighted by molar-refractivity contribution is -0.00694. The van der Waals surface area contributed by atoms with E-state index >= 15 is 4.57 Å². The fourth-order valence-corrected chi connectivity index (χ4v) is 9.39. The van der Waals surface area contributed by atoms with Crippen LogP contribution in [0.15, 0.2) is 54.6 Å².